The molecule has 122 valence electrons. The maximum atomic E-state index is 5.36. The van der Waals surface area contributed by atoms with Crippen molar-refractivity contribution in [3.8, 4) is 23.0 Å². The zero-order valence-corrected chi connectivity index (χ0v) is 13.9. The molecule has 0 fully saturated rings. The third kappa shape index (κ3) is 3.18. The van der Waals surface area contributed by atoms with Crippen molar-refractivity contribution in [1.82, 2.24) is 19.9 Å². The number of nitrogens with one attached hydrogen (secondary N) is 1. The summed E-state index contributed by atoms with van der Waals surface area (Å²) in [7, 11) is 3.20. The van der Waals surface area contributed by atoms with E-state index in [9.17, 15) is 0 Å². The van der Waals surface area contributed by atoms with Gasteiger partial charge in [-0.3, -0.25) is 4.98 Å². The molecule has 8 heteroatoms. The van der Waals surface area contributed by atoms with E-state index in [4.69, 9.17) is 21.7 Å². The summed E-state index contributed by atoms with van der Waals surface area (Å²) < 4.78 is 12.4. The quantitative estimate of drug-likeness (QED) is 0.570. The van der Waals surface area contributed by atoms with Crippen LogP contribution >= 0.6 is 12.2 Å². The van der Waals surface area contributed by atoms with E-state index in [2.05, 4.69) is 20.3 Å². The Morgan fingerprint density at radius 1 is 1.21 bits per heavy atom. The normalized spacial score (nSPS) is 10.9. The van der Waals surface area contributed by atoms with Crippen LogP contribution in [0.25, 0.3) is 11.5 Å². The number of H-pyrrole nitrogens is 1. The van der Waals surface area contributed by atoms with E-state index in [1.54, 1.807) is 32.7 Å². The molecule has 0 amide bonds. The van der Waals surface area contributed by atoms with Gasteiger partial charge in [-0.1, -0.05) is 6.07 Å². The molecular weight excluding hydrogens is 326 g/mol. The summed E-state index contributed by atoms with van der Waals surface area (Å²) in [6, 6.07) is 11.0. The maximum absolute atomic E-state index is 5.36. The second-order valence-electron chi connectivity index (χ2n) is 4.73. The SMILES string of the molecule is COc1ccc(/C=N/n2c(-c3ccccn3)n[nH]c2=S)c(OC)c1. The van der Waals surface area contributed by atoms with E-state index >= 15 is 0 Å². The Kier molecular flexibility index (Phi) is 4.66. The van der Waals surface area contributed by atoms with Crippen LogP contribution < -0.4 is 9.47 Å². The van der Waals surface area contributed by atoms with Gasteiger partial charge in [0.15, 0.2) is 0 Å². The number of benzene rings is 1. The second-order valence-corrected chi connectivity index (χ2v) is 5.12. The van der Waals surface area contributed by atoms with Crippen molar-refractivity contribution in [2.24, 2.45) is 5.10 Å². The van der Waals surface area contributed by atoms with E-state index < -0.39 is 0 Å². The van der Waals surface area contributed by atoms with E-state index in [1.165, 1.54) is 4.68 Å². The summed E-state index contributed by atoms with van der Waals surface area (Å²) in [6.07, 6.45) is 3.34. The maximum Gasteiger partial charge on any atom is 0.216 e. The molecule has 0 aliphatic heterocycles. The molecule has 0 bridgehead atoms. The van der Waals surface area contributed by atoms with Gasteiger partial charge >= 0.3 is 0 Å². The van der Waals surface area contributed by atoms with Crippen LogP contribution in [0.15, 0.2) is 47.7 Å². The fourth-order valence-electron chi connectivity index (χ4n) is 2.10. The highest BCUT2D eigenvalue weighted by molar-refractivity contribution is 7.71. The molecule has 2 aromatic heterocycles. The largest absolute Gasteiger partial charge is 0.497 e. The third-order valence-electron chi connectivity index (χ3n) is 3.30. The van der Waals surface area contributed by atoms with Crippen LogP contribution in [0, 0.1) is 4.77 Å². The van der Waals surface area contributed by atoms with Crippen molar-refractivity contribution in [2.75, 3.05) is 14.2 Å². The fraction of sp³-hybridized carbons (Fsp3) is 0.125. The zero-order valence-electron chi connectivity index (χ0n) is 13.1. The highest BCUT2D eigenvalue weighted by Gasteiger charge is 2.09. The molecule has 0 saturated carbocycles. The van der Waals surface area contributed by atoms with Crippen molar-refractivity contribution in [3.05, 3.63) is 52.9 Å². The van der Waals surface area contributed by atoms with Crippen molar-refractivity contribution >= 4 is 18.4 Å². The first-order valence-electron chi connectivity index (χ1n) is 7.08. The summed E-state index contributed by atoms with van der Waals surface area (Å²) >= 11 is 5.24. The molecule has 2 heterocycles. The highest BCUT2D eigenvalue weighted by Crippen LogP contribution is 2.23. The molecule has 7 nitrogen and oxygen atoms in total. The Labute approximate surface area is 143 Å². The van der Waals surface area contributed by atoms with Crippen molar-refractivity contribution in [2.45, 2.75) is 0 Å². The first-order chi connectivity index (χ1) is 11.7. The van der Waals surface area contributed by atoms with E-state index in [0.717, 1.165) is 5.56 Å². The van der Waals surface area contributed by atoms with Gasteiger partial charge < -0.3 is 9.47 Å². The van der Waals surface area contributed by atoms with Gasteiger partial charge in [-0.2, -0.15) is 14.9 Å². The number of hydrogen-bond acceptors (Lipinski definition) is 6. The average molecular weight is 341 g/mol. The van der Waals surface area contributed by atoms with Gasteiger partial charge in [0.25, 0.3) is 0 Å². The summed E-state index contributed by atoms with van der Waals surface area (Å²) in [5, 5.41) is 11.3. The Hall–Kier alpha value is -3.00. The smallest absolute Gasteiger partial charge is 0.216 e. The summed E-state index contributed by atoms with van der Waals surface area (Å²) in [5.41, 5.74) is 1.46. The van der Waals surface area contributed by atoms with Gasteiger partial charge in [0.05, 0.1) is 20.4 Å². The lowest BCUT2D eigenvalue weighted by molar-refractivity contribution is 0.394. The Bertz CT molecular complexity index is 918. The molecule has 0 aliphatic rings. The summed E-state index contributed by atoms with van der Waals surface area (Å²) in [5.74, 6) is 1.88. The van der Waals surface area contributed by atoms with Gasteiger partial charge in [0.2, 0.25) is 10.6 Å². The lowest BCUT2D eigenvalue weighted by Crippen LogP contribution is -1.98. The zero-order chi connectivity index (χ0) is 16.9. The second kappa shape index (κ2) is 7.05. The molecule has 0 spiro atoms. The molecule has 24 heavy (non-hydrogen) atoms. The van der Waals surface area contributed by atoms with Crippen LogP contribution in [0.5, 0.6) is 11.5 Å². The number of nitrogens with zero attached hydrogens (tertiary/aromatic N) is 4. The topological polar surface area (TPSA) is 77.3 Å². The van der Waals surface area contributed by atoms with E-state index in [1.807, 2.05) is 30.3 Å². The van der Waals surface area contributed by atoms with Crippen molar-refractivity contribution in [1.29, 1.82) is 0 Å². The van der Waals surface area contributed by atoms with Crippen LogP contribution in [-0.2, 0) is 0 Å². The number of methoxy groups -OCH3 is 2. The minimum atomic E-state index is 0.374. The summed E-state index contributed by atoms with van der Waals surface area (Å²) in [6.45, 7) is 0. The monoisotopic (exact) mass is 341 g/mol. The molecule has 0 unspecified atom stereocenters. The van der Waals surface area contributed by atoms with Crippen LogP contribution in [0.3, 0.4) is 0 Å². The average Bonchev–Trinajstić information content (AvgIpc) is 3.01. The molecule has 0 atom stereocenters. The lowest BCUT2D eigenvalue weighted by atomic mass is 10.2. The fourth-order valence-corrected chi connectivity index (χ4v) is 2.28. The predicted molar refractivity (Wildman–Crippen MR) is 93.2 cm³/mol. The first kappa shape index (κ1) is 15.9. The van der Waals surface area contributed by atoms with Gasteiger partial charge in [-0.25, -0.2) is 5.10 Å². The van der Waals surface area contributed by atoms with Crippen LogP contribution in [0.4, 0.5) is 0 Å². The standard InChI is InChI=1S/C16H15N5O2S/c1-22-12-7-6-11(14(9-12)23-2)10-18-21-15(19-20-16(21)24)13-5-3-4-8-17-13/h3-10H,1-2H3,(H,20,24)/b18-10+. The highest BCUT2D eigenvalue weighted by atomic mass is 32.1. The van der Waals surface area contributed by atoms with Crippen LogP contribution in [-0.4, -0.2) is 40.3 Å². The molecule has 0 radical (unpaired) electrons. The third-order valence-corrected chi connectivity index (χ3v) is 3.56. The Balaban J connectivity index is 1.99. The molecule has 0 aliphatic carbocycles. The Morgan fingerprint density at radius 2 is 2.08 bits per heavy atom. The number of aromatic amines is 1. The van der Waals surface area contributed by atoms with E-state index in [-0.39, 0.29) is 0 Å². The minimum absolute atomic E-state index is 0.374. The van der Waals surface area contributed by atoms with Crippen molar-refractivity contribution < 1.29 is 9.47 Å². The minimum Gasteiger partial charge on any atom is -0.497 e. The lowest BCUT2D eigenvalue weighted by Gasteiger charge is -2.07. The number of aromatic nitrogens is 4. The van der Waals surface area contributed by atoms with Crippen LogP contribution in [0.2, 0.25) is 0 Å². The van der Waals surface area contributed by atoms with Crippen LogP contribution in [0.1, 0.15) is 5.56 Å². The number of rotatable bonds is 5. The first-order valence-corrected chi connectivity index (χ1v) is 7.49. The van der Waals surface area contributed by atoms with Gasteiger partial charge in [0.1, 0.15) is 17.2 Å². The van der Waals surface area contributed by atoms with Gasteiger partial charge in [0, 0.05) is 17.8 Å². The van der Waals surface area contributed by atoms with Gasteiger partial charge in [-0.15, -0.1) is 0 Å². The predicted octanol–water partition coefficient (Wildman–Crippen LogP) is 2.90. The number of hydrogen-bond donors (Lipinski definition) is 1. The van der Waals surface area contributed by atoms with Gasteiger partial charge in [-0.05, 0) is 36.5 Å². The van der Waals surface area contributed by atoms with E-state index in [0.29, 0.717) is 27.8 Å². The molecule has 1 aromatic carbocycles. The molecule has 3 rings (SSSR count). The molecule has 3 aromatic rings. The number of pyridine rings is 1. The Morgan fingerprint density at radius 3 is 2.79 bits per heavy atom. The molecular formula is C16H15N5O2S. The summed E-state index contributed by atoms with van der Waals surface area (Å²) in [4.78, 5) is 4.27. The number of ether oxygens (including phenoxy) is 2. The molecule has 1 N–H and O–H groups in total. The van der Waals surface area contributed by atoms with Crippen molar-refractivity contribution in [3.63, 3.8) is 0 Å². The molecule has 0 saturated heterocycles.